The number of benzene rings is 1. The molecule has 0 radical (unpaired) electrons. The zero-order valence-electron chi connectivity index (χ0n) is 9.54. The average molecular weight is 345 g/mol. The molecule has 0 bridgehead atoms. The van der Waals surface area contributed by atoms with Crippen molar-refractivity contribution in [1.82, 2.24) is 4.90 Å². The van der Waals surface area contributed by atoms with E-state index in [-0.39, 0.29) is 11.7 Å². The standard InChI is InChI=1S/C13H13FINO/c1-9-4-6-16(7-5-9)13(17)11-3-2-10(14)8-12(11)15/h2-4,8H,5-7H2,1H3. The summed E-state index contributed by atoms with van der Waals surface area (Å²) < 4.78 is 13.6. The number of halogens is 2. The molecule has 0 fully saturated rings. The molecule has 4 heteroatoms. The fourth-order valence-electron chi connectivity index (χ4n) is 1.79. The molecule has 1 aromatic rings. The van der Waals surface area contributed by atoms with Crippen LogP contribution in [0.3, 0.4) is 0 Å². The lowest BCUT2D eigenvalue weighted by atomic mass is 10.1. The Morgan fingerprint density at radius 2 is 2.24 bits per heavy atom. The fourth-order valence-corrected chi connectivity index (χ4v) is 2.50. The summed E-state index contributed by atoms with van der Waals surface area (Å²) in [6.07, 6.45) is 2.99. The monoisotopic (exact) mass is 345 g/mol. The van der Waals surface area contributed by atoms with Crippen molar-refractivity contribution in [2.75, 3.05) is 13.1 Å². The van der Waals surface area contributed by atoms with Crippen LogP contribution in [0.15, 0.2) is 29.8 Å². The van der Waals surface area contributed by atoms with Gasteiger partial charge < -0.3 is 4.90 Å². The minimum absolute atomic E-state index is 0.0156. The van der Waals surface area contributed by atoms with Gasteiger partial charge in [0.15, 0.2) is 0 Å². The van der Waals surface area contributed by atoms with Gasteiger partial charge in [-0.25, -0.2) is 4.39 Å². The van der Waals surface area contributed by atoms with Crippen molar-refractivity contribution < 1.29 is 9.18 Å². The number of hydrogen-bond acceptors (Lipinski definition) is 1. The Labute approximate surface area is 114 Å². The van der Waals surface area contributed by atoms with Gasteiger partial charge in [-0.3, -0.25) is 4.79 Å². The molecule has 0 unspecified atom stereocenters. The summed E-state index contributed by atoms with van der Waals surface area (Å²) in [5, 5.41) is 0. The molecule has 0 N–H and O–H groups in total. The smallest absolute Gasteiger partial charge is 0.255 e. The maximum Gasteiger partial charge on any atom is 0.255 e. The lowest BCUT2D eigenvalue weighted by molar-refractivity contribution is 0.0768. The molecule has 0 aliphatic carbocycles. The average Bonchev–Trinajstić information content (AvgIpc) is 2.29. The van der Waals surface area contributed by atoms with Crippen LogP contribution >= 0.6 is 22.6 Å². The predicted octanol–water partition coefficient (Wildman–Crippen LogP) is 3.22. The highest BCUT2D eigenvalue weighted by Gasteiger charge is 2.19. The summed E-state index contributed by atoms with van der Waals surface area (Å²) in [5.41, 5.74) is 1.91. The van der Waals surface area contributed by atoms with Crippen molar-refractivity contribution in [3.8, 4) is 0 Å². The topological polar surface area (TPSA) is 20.3 Å². The molecule has 1 aliphatic rings. The van der Waals surface area contributed by atoms with E-state index in [9.17, 15) is 9.18 Å². The molecule has 0 saturated carbocycles. The van der Waals surface area contributed by atoms with Crippen LogP contribution in [-0.2, 0) is 0 Å². The lowest BCUT2D eigenvalue weighted by Gasteiger charge is -2.25. The predicted molar refractivity (Wildman–Crippen MR) is 73.4 cm³/mol. The maximum atomic E-state index is 13.0. The Balaban J connectivity index is 2.20. The SMILES string of the molecule is CC1=CCN(C(=O)c2ccc(F)cc2I)CC1. The molecular formula is C13H13FINO. The molecular weight excluding hydrogens is 332 g/mol. The number of carbonyl (C=O) groups excluding carboxylic acids is 1. The van der Waals surface area contributed by atoms with Crippen LogP contribution < -0.4 is 0 Å². The quantitative estimate of drug-likeness (QED) is 0.565. The number of carbonyl (C=O) groups is 1. The van der Waals surface area contributed by atoms with E-state index in [1.165, 1.54) is 17.7 Å². The molecule has 2 rings (SSSR count). The Morgan fingerprint density at radius 1 is 1.47 bits per heavy atom. The van der Waals surface area contributed by atoms with Crippen molar-refractivity contribution in [2.24, 2.45) is 0 Å². The van der Waals surface area contributed by atoms with Crippen molar-refractivity contribution in [3.05, 3.63) is 44.8 Å². The lowest BCUT2D eigenvalue weighted by Crippen LogP contribution is -2.35. The highest BCUT2D eigenvalue weighted by Crippen LogP contribution is 2.18. The van der Waals surface area contributed by atoms with Crippen LogP contribution in [0.2, 0.25) is 0 Å². The van der Waals surface area contributed by atoms with Gasteiger partial charge in [-0.15, -0.1) is 0 Å². The normalized spacial score (nSPS) is 15.7. The van der Waals surface area contributed by atoms with Crippen LogP contribution in [-0.4, -0.2) is 23.9 Å². The van der Waals surface area contributed by atoms with Gasteiger partial charge in [-0.2, -0.15) is 0 Å². The summed E-state index contributed by atoms with van der Waals surface area (Å²) in [6, 6.07) is 4.28. The van der Waals surface area contributed by atoms with Gasteiger partial charge in [-0.1, -0.05) is 11.6 Å². The number of hydrogen-bond donors (Lipinski definition) is 0. The second kappa shape index (κ2) is 5.16. The van der Waals surface area contributed by atoms with Gasteiger partial charge in [0.1, 0.15) is 5.82 Å². The fraction of sp³-hybridized carbons (Fsp3) is 0.308. The molecule has 0 aromatic heterocycles. The number of amides is 1. The highest BCUT2D eigenvalue weighted by molar-refractivity contribution is 14.1. The molecule has 1 amide bonds. The van der Waals surface area contributed by atoms with Gasteiger partial charge >= 0.3 is 0 Å². The highest BCUT2D eigenvalue weighted by atomic mass is 127. The Hall–Kier alpha value is -0.910. The summed E-state index contributed by atoms with van der Waals surface area (Å²) >= 11 is 2.00. The maximum absolute atomic E-state index is 13.0. The summed E-state index contributed by atoms with van der Waals surface area (Å²) in [5.74, 6) is -0.321. The second-order valence-corrected chi connectivity index (χ2v) is 5.34. The largest absolute Gasteiger partial charge is 0.335 e. The first-order chi connectivity index (χ1) is 8.08. The van der Waals surface area contributed by atoms with E-state index in [1.807, 2.05) is 22.6 Å². The van der Waals surface area contributed by atoms with E-state index in [1.54, 1.807) is 11.0 Å². The summed E-state index contributed by atoms with van der Waals surface area (Å²) in [6.45, 7) is 3.47. The summed E-state index contributed by atoms with van der Waals surface area (Å²) in [7, 11) is 0. The zero-order valence-corrected chi connectivity index (χ0v) is 11.7. The van der Waals surface area contributed by atoms with Gasteiger partial charge in [0.25, 0.3) is 5.91 Å². The van der Waals surface area contributed by atoms with Crippen LogP contribution in [0.5, 0.6) is 0 Å². The minimum atomic E-state index is -0.305. The zero-order chi connectivity index (χ0) is 12.4. The molecule has 1 heterocycles. The minimum Gasteiger partial charge on any atom is -0.335 e. The Kier molecular flexibility index (Phi) is 3.81. The second-order valence-electron chi connectivity index (χ2n) is 4.18. The van der Waals surface area contributed by atoms with Gasteiger partial charge in [0.05, 0.1) is 5.56 Å². The molecule has 17 heavy (non-hydrogen) atoms. The van der Waals surface area contributed by atoms with E-state index >= 15 is 0 Å². The van der Waals surface area contributed by atoms with Gasteiger partial charge in [-0.05, 0) is 54.1 Å². The van der Waals surface area contributed by atoms with Crippen molar-refractivity contribution in [3.63, 3.8) is 0 Å². The molecule has 1 aromatic carbocycles. The molecule has 0 spiro atoms. The third-order valence-corrected chi connectivity index (χ3v) is 3.78. The van der Waals surface area contributed by atoms with Gasteiger partial charge in [0, 0.05) is 16.7 Å². The van der Waals surface area contributed by atoms with Crippen molar-refractivity contribution >= 4 is 28.5 Å². The van der Waals surface area contributed by atoms with E-state index in [2.05, 4.69) is 13.0 Å². The first-order valence-electron chi connectivity index (χ1n) is 5.48. The number of nitrogens with zero attached hydrogens (tertiary/aromatic N) is 1. The van der Waals surface area contributed by atoms with Crippen LogP contribution in [0.4, 0.5) is 4.39 Å². The van der Waals surface area contributed by atoms with Crippen molar-refractivity contribution in [1.29, 1.82) is 0 Å². The third-order valence-electron chi connectivity index (χ3n) is 2.88. The number of rotatable bonds is 1. The molecule has 90 valence electrons. The summed E-state index contributed by atoms with van der Waals surface area (Å²) in [4.78, 5) is 14.0. The first-order valence-corrected chi connectivity index (χ1v) is 6.56. The Morgan fingerprint density at radius 3 is 2.82 bits per heavy atom. The van der Waals surface area contributed by atoms with Crippen LogP contribution in [0, 0.1) is 9.39 Å². The molecule has 0 saturated heterocycles. The van der Waals surface area contributed by atoms with E-state index < -0.39 is 0 Å². The molecule has 0 atom stereocenters. The van der Waals surface area contributed by atoms with Gasteiger partial charge in [0.2, 0.25) is 0 Å². The van der Waals surface area contributed by atoms with E-state index in [0.717, 1.165) is 13.0 Å². The third kappa shape index (κ3) is 2.86. The van der Waals surface area contributed by atoms with Crippen LogP contribution in [0.1, 0.15) is 23.7 Å². The molecule has 1 aliphatic heterocycles. The molecule has 2 nitrogen and oxygen atoms in total. The Bertz CT molecular complexity index is 484. The van der Waals surface area contributed by atoms with Crippen molar-refractivity contribution in [2.45, 2.75) is 13.3 Å². The first kappa shape index (κ1) is 12.5. The van der Waals surface area contributed by atoms with Crippen LogP contribution in [0.25, 0.3) is 0 Å². The van der Waals surface area contributed by atoms with E-state index in [4.69, 9.17) is 0 Å². The van der Waals surface area contributed by atoms with E-state index in [0.29, 0.717) is 15.7 Å².